The van der Waals surface area contributed by atoms with Gasteiger partial charge in [0.25, 0.3) is 0 Å². The predicted octanol–water partition coefficient (Wildman–Crippen LogP) is 1.75. The fourth-order valence-electron chi connectivity index (χ4n) is 3.37. The summed E-state index contributed by atoms with van der Waals surface area (Å²) in [6.07, 6.45) is 3.23. The number of rotatable bonds is 6. The van der Waals surface area contributed by atoms with Crippen LogP contribution in [-0.2, 0) is 0 Å². The molecule has 2 fully saturated rings. The van der Waals surface area contributed by atoms with Gasteiger partial charge < -0.3 is 21.1 Å². The number of anilines is 1. The van der Waals surface area contributed by atoms with Crippen molar-refractivity contribution in [3.05, 3.63) is 28.8 Å². The Bertz CT molecular complexity index is 680. The first-order valence-electron chi connectivity index (χ1n) is 8.98. The van der Waals surface area contributed by atoms with Crippen molar-refractivity contribution in [1.82, 2.24) is 9.80 Å². The summed E-state index contributed by atoms with van der Waals surface area (Å²) < 4.78 is 0. The van der Waals surface area contributed by atoms with Crippen LogP contribution in [0.5, 0.6) is 0 Å². The van der Waals surface area contributed by atoms with Crippen molar-refractivity contribution in [1.29, 1.82) is 0 Å². The highest BCUT2D eigenvalue weighted by atomic mass is 35.5. The van der Waals surface area contributed by atoms with Crippen molar-refractivity contribution in [2.24, 2.45) is 11.7 Å². The number of carbonyl (C=O) groups excluding carboxylic acids is 2. The topological polar surface area (TPSA) is 98.9 Å². The van der Waals surface area contributed by atoms with Crippen LogP contribution >= 0.6 is 11.6 Å². The third-order valence-corrected chi connectivity index (χ3v) is 5.34. The Morgan fingerprint density at radius 1 is 1.31 bits per heavy atom. The predicted molar refractivity (Wildman–Crippen MR) is 100 cm³/mol. The van der Waals surface area contributed by atoms with E-state index in [1.807, 2.05) is 0 Å². The van der Waals surface area contributed by atoms with Gasteiger partial charge in [-0.25, -0.2) is 4.79 Å². The maximum absolute atomic E-state index is 12.6. The Hall–Kier alpha value is -1.83. The van der Waals surface area contributed by atoms with Crippen molar-refractivity contribution in [3.63, 3.8) is 0 Å². The smallest absolute Gasteiger partial charge is 0.321 e. The lowest BCUT2D eigenvalue weighted by Crippen LogP contribution is -2.56. The van der Waals surface area contributed by atoms with Crippen LogP contribution in [0.15, 0.2) is 18.2 Å². The van der Waals surface area contributed by atoms with E-state index in [0.29, 0.717) is 25.2 Å². The molecule has 26 heavy (non-hydrogen) atoms. The van der Waals surface area contributed by atoms with E-state index in [2.05, 4.69) is 10.2 Å². The van der Waals surface area contributed by atoms with Crippen molar-refractivity contribution < 1.29 is 14.7 Å². The molecule has 1 atom stereocenters. The third kappa shape index (κ3) is 4.66. The van der Waals surface area contributed by atoms with Crippen molar-refractivity contribution >= 4 is 29.2 Å². The number of piperazine rings is 1. The standard InChI is InChI=1S/C18H25ClN4O3/c19-16-9-13(3-4-15(16)17(20)25)21-18(26)23-7-6-22(10-12-1-2-12)14(11-23)5-8-24/h3-4,9,12,14,24H,1-2,5-8,10-11H2,(H2,20,25)(H,21,26)/t14-/m0/s1. The minimum Gasteiger partial charge on any atom is -0.396 e. The fourth-order valence-corrected chi connectivity index (χ4v) is 3.64. The zero-order valence-electron chi connectivity index (χ0n) is 14.7. The molecule has 1 heterocycles. The molecule has 1 aliphatic heterocycles. The minimum absolute atomic E-state index is 0.117. The van der Waals surface area contributed by atoms with Crippen molar-refractivity contribution in [3.8, 4) is 0 Å². The summed E-state index contributed by atoms with van der Waals surface area (Å²) in [7, 11) is 0. The number of carbonyl (C=O) groups is 2. The number of nitrogens with two attached hydrogens (primary N) is 1. The average Bonchev–Trinajstić information content (AvgIpc) is 3.40. The molecule has 4 N–H and O–H groups in total. The van der Waals surface area contributed by atoms with Crippen LogP contribution in [-0.4, -0.2) is 65.7 Å². The zero-order valence-corrected chi connectivity index (χ0v) is 15.4. The Morgan fingerprint density at radius 3 is 2.69 bits per heavy atom. The third-order valence-electron chi connectivity index (χ3n) is 5.03. The molecular formula is C18H25ClN4O3. The van der Waals surface area contributed by atoms with E-state index in [1.165, 1.54) is 25.0 Å². The normalized spacial score (nSPS) is 20.8. The number of hydrogen-bond acceptors (Lipinski definition) is 4. The summed E-state index contributed by atoms with van der Waals surface area (Å²) in [5.74, 6) is 0.175. The number of aliphatic hydroxyl groups is 1. The van der Waals surface area contributed by atoms with Gasteiger partial charge in [0.1, 0.15) is 0 Å². The Morgan fingerprint density at radius 2 is 2.08 bits per heavy atom. The SMILES string of the molecule is NC(=O)c1ccc(NC(=O)N2CCN(CC3CC3)[C@@H](CCO)C2)cc1Cl. The van der Waals surface area contributed by atoms with Gasteiger partial charge in [0.05, 0.1) is 10.6 Å². The molecule has 1 aromatic carbocycles. The van der Waals surface area contributed by atoms with Gasteiger partial charge in [-0.2, -0.15) is 0 Å². The molecule has 142 valence electrons. The molecule has 0 radical (unpaired) electrons. The molecule has 7 nitrogen and oxygen atoms in total. The van der Waals surface area contributed by atoms with Crippen LogP contribution in [0.4, 0.5) is 10.5 Å². The molecule has 2 aliphatic rings. The van der Waals surface area contributed by atoms with E-state index in [-0.39, 0.29) is 29.3 Å². The molecule has 1 saturated heterocycles. The lowest BCUT2D eigenvalue weighted by Gasteiger charge is -2.41. The second-order valence-electron chi connectivity index (χ2n) is 7.04. The molecule has 1 aromatic rings. The van der Waals surface area contributed by atoms with E-state index in [1.54, 1.807) is 11.0 Å². The molecule has 1 aliphatic carbocycles. The highest BCUT2D eigenvalue weighted by Crippen LogP contribution is 2.31. The van der Waals surface area contributed by atoms with Gasteiger partial charge in [-0.1, -0.05) is 11.6 Å². The van der Waals surface area contributed by atoms with Crippen LogP contribution in [0.2, 0.25) is 5.02 Å². The Balaban J connectivity index is 1.60. The van der Waals surface area contributed by atoms with Crippen LogP contribution in [0.3, 0.4) is 0 Å². The average molecular weight is 381 g/mol. The van der Waals surface area contributed by atoms with Gasteiger partial charge in [0.15, 0.2) is 0 Å². The molecule has 0 unspecified atom stereocenters. The number of amides is 3. The largest absolute Gasteiger partial charge is 0.396 e. The Kier molecular flexibility index (Phi) is 6.01. The van der Waals surface area contributed by atoms with E-state index in [0.717, 1.165) is 19.0 Å². The summed E-state index contributed by atoms with van der Waals surface area (Å²) in [6, 6.07) is 4.61. The van der Waals surface area contributed by atoms with Gasteiger partial charge in [-0.3, -0.25) is 9.69 Å². The number of urea groups is 1. The molecule has 0 aromatic heterocycles. The van der Waals surface area contributed by atoms with Crippen molar-refractivity contribution in [2.45, 2.75) is 25.3 Å². The quantitative estimate of drug-likeness (QED) is 0.700. The van der Waals surface area contributed by atoms with E-state index < -0.39 is 5.91 Å². The summed E-state index contributed by atoms with van der Waals surface area (Å²) >= 11 is 6.03. The summed E-state index contributed by atoms with van der Waals surface area (Å²) in [4.78, 5) is 28.0. The van der Waals surface area contributed by atoms with Crippen LogP contribution < -0.4 is 11.1 Å². The van der Waals surface area contributed by atoms with Gasteiger partial charge in [0.2, 0.25) is 5.91 Å². The van der Waals surface area contributed by atoms with Crippen LogP contribution in [0.1, 0.15) is 29.6 Å². The molecule has 8 heteroatoms. The van der Waals surface area contributed by atoms with Gasteiger partial charge >= 0.3 is 6.03 Å². The monoisotopic (exact) mass is 380 g/mol. The highest BCUT2D eigenvalue weighted by Gasteiger charge is 2.33. The van der Waals surface area contributed by atoms with Crippen LogP contribution in [0.25, 0.3) is 0 Å². The number of halogens is 1. The molecule has 1 saturated carbocycles. The van der Waals surface area contributed by atoms with Crippen molar-refractivity contribution in [2.75, 3.05) is 38.1 Å². The summed E-state index contributed by atoms with van der Waals surface area (Å²) in [6.45, 7) is 3.23. The number of aliphatic hydroxyl groups excluding tert-OH is 1. The highest BCUT2D eigenvalue weighted by molar-refractivity contribution is 6.34. The second kappa shape index (κ2) is 8.24. The first-order chi connectivity index (χ1) is 12.5. The Labute approximate surface area is 158 Å². The molecule has 0 spiro atoms. The zero-order chi connectivity index (χ0) is 18.7. The number of nitrogens with one attached hydrogen (secondary N) is 1. The van der Waals surface area contributed by atoms with E-state index in [4.69, 9.17) is 17.3 Å². The summed E-state index contributed by atoms with van der Waals surface area (Å²) in [5.41, 5.74) is 5.98. The molecule has 3 amide bonds. The lowest BCUT2D eigenvalue weighted by molar-refractivity contribution is 0.0739. The molecule has 0 bridgehead atoms. The maximum Gasteiger partial charge on any atom is 0.321 e. The van der Waals surface area contributed by atoms with Gasteiger partial charge in [-0.05, 0) is 43.4 Å². The van der Waals surface area contributed by atoms with E-state index >= 15 is 0 Å². The number of benzene rings is 1. The first kappa shape index (κ1) is 18.9. The second-order valence-corrected chi connectivity index (χ2v) is 7.45. The minimum atomic E-state index is -0.605. The summed E-state index contributed by atoms with van der Waals surface area (Å²) in [5, 5.41) is 12.4. The fraction of sp³-hybridized carbons (Fsp3) is 0.556. The molecular weight excluding hydrogens is 356 g/mol. The number of hydrogen-bond donors (Lipinski definition) is 3. The van der Waals surface area contributed by atoms with Crippen LogP contribution in [0, 0.1) is 5.92 Å². The maximum atomic E-state index is 12.6. The van der Waals surface area contributed by atoms with Gasteiger partial charge in [-0.15, -0.1) is 0 Å². The number of nitrogens with zero attached hydrogens (tertiary/aromatic N) is 2. The van der Waals surface area contributed by atoms with Gasteiger partial charge in [0, 0.05) is 44.5 Å². The first-order valence-corrected chi connectivity index (χ1v) is 9.36. The molecule has 3 rings (SSSR count). The number of primary amides is 1. The lowest BCUT2D eigenvalue weighted by atomic mass is 10.1. The van der Waals surface area contributed by atoms with E-state index in [9.17, 15) is 14.7 Å².